The van der Waals surface area contributed by atoms with Gasteiger partial charge in [-0.25, -0.2) is 0 Å². The van der Waals surface area contributed by atoms with Crippen molar-refractivity contribution in [1.82, 2.24) is 0 Å². The Morgan fingerprint density at radius 2 is 1.67 bits per heavy atom. The molecule has 5 heteroatoms. The Hall–Kier alpha value is -3.08. The average Bonchev–Trinajstić information content (AvgIpc) is 2.78. The van der Waals surface area contributed by atoms with Gasteiger partial charge in [-0.3, -0.25) is 0 Å². The van der Waals surface area contributed by atoms with Crippen LogP contribution >= 0.6 is 0 Å². The van der Waals surface area contributed by atoms with E-state index in [0.29, 0.717) is 22.3 Å². The first-order valence-corrected chi connectivity index (χ1v) is 9.78. The van der Waals surface area contributed by atoms with Gasteiger partial charge in [0.05, 0.1) is 25.9 Å². The average molecular weight is 406 g/mol. The van der Waals surface area contributed by atoms with Crippen LogP contribution in [0.1, 0.15) is 36.2 Å². The zero-order valence-corrected chi connectivity index (χ0v) is 16.8. The summed E-state index contributed by atoms with van der Waals surface area (Å²) in [6.45, 7) is -0.234. The van der Waals surface area contributed by atoms with Crippen LogP contribution in [0.25, 0.3) is 10.8 Å². The molecule has 0 spiro atoms. The normalized spacial score (nSPS) is 12.8. The van der Waals surface area contributed by atoms with Crippen molar-refractivity contribution in [2.24, 2.45) is 0 Å². The quantitative estimate of drug-likeness (QED) is 0.422. The largest absolute Gasteiger partial charge is 0.507 e. The third-order valence-corrected chi connectivity index (χ3v) is 5.07. The monoisotopic (exact) mass is 406 g/mol. The first-order valence-electron chi connectivity index (χ1n) is 9.78. The highest BCUT2D eigenvalue weighted by molar-refractivity contribution is 5.91. The molecule has 0 aliphatic carbocycles. The molecule has 0 fully saturated rings. The molecule has 0 aliphatic heterocycles. The topological polar surface area (TPSA) is 90.2 Å². The van der Waals surface area contributed by atoms with Crippen LogP contribution in [0.4, 0.5) is 0 Å². The molecule has 5 nitrogen and oxygen atoms in total. The number of phenolic OH excluding ortho intramolecular Hbond substituents is 1. The van der Waals surface area contributed by atoms with Gasteiger partial charge in [-0.05, 0) is 46.4 Å². The second-order valence-electron chi connectivity index (χ2n) is 7.07. The Bertz CT molecular complexity index is 1050. The second-order valence-corrected chi connectivity index (χ2v) is 7.07. The number of hydrogen-bond acceptors (Lipinski definition) is 5. The first-order chi connectivity index (χ1) is 14.5. The maximum atomic E-state index is 10.6. The highest BCUT2D eigenvalue weighted by atomic mass is 16.5. The van der Waals surface area contributed by atoms with Crippen molar-refractivity contribution in [2.45, 2.75) is 25.0 Å². The van der Waals surface area contributed by atoms with Gasteiger partial charge < -0.3 is 25.2 Å². The van der Waals surface area contributed by atoms with Gasteiger partial charge in [0.25, 0.3) is 0 Å². The molecule has 156 valence electrons. The summed E-state index contributed by atoms with van der Waals surface area (Å²) in [4.78, 5) is 0. The van der Waals surface area contributed by atoms with E-state index in [1.165, 1.54) is 0 Å². The minimum Gasteiger partial charge on any atom is -0.507 e. The fraction of sp³-hybridized carbons (Fsp3) is 0.240. The molecular weight excluding hydrogens is 380 g/mol. The predicted octanol–water partition coefficient (Wildman–Crippen LogP) is 4.18. The van der Waals surface area contributed by atoms with Crippen LogP contribution in [0.2, 0.25) is 0 Å². The van der Waals surface area contributed by atoms with E-state index in [-0.39, 0.29) is 25.2 Å². The Balaban J connectivity index is 1.72. The van der Waals surface area contributed by atoms with Gasteiger partial charge in [-0.1, -0.05) is 42.5 Å². The van der Waals surface area contributed by atoms with Gasteiger partial charge in [0.2, 0.25) is 0 Å². The van der Waals surface area contributed by atoms with Gasteiger partial charge in [0.15, 0.2) is 0 Å². The number of aromatic hydroxyl groups is 1. The van der Waals surface area contributed by atoms with Gasteiger partial charge in [-0.15, -0.1) is 5.73 Å². The van der Waals surface area contributed by atoms with E-state index in [1.54, 1.807) is 55.7 Å². The highest BCUT2D eigenvalue weighted by Crippen LogP contribution is 2.32. The van der Waals surface area contributed by atoms with E-state index in [1.807, 2.05) is 18.2 Å². The standard InChI is InChI=1S/C25H26O5/c1-30-19-11-9-18(10-12-19)25(29)15-17(16-26)5-4-8-23(27)22-13-14-24(28)21-7-3-2-6-20(21)22/h2-4,6-7,9-14,23,25-29H,8,15-16H2,1H3/t5?,23-,25-/m1/s1. The molecule has 30 heavy (non-hydrogen) atoms. The lowest BCUT2D eigenvalue weighted by Crippen LogP contribution is -2.01. The third-order valence-electron chi connectivity index (χ3n) is 5.07. The smallest absolute Gasteiger partial charge is 0.123 e. The fourth-order valence-corrected chi connectivity index (χ4v) is 3.39. The molecule has 3 aromatic rings. The summed E-state index contributed by atoms with van der Waals surface area (Å²) in [6.07, 6.45) is 0.631. The van der Waals surface area contributed by atoms with Crippen LogP contribution in [0.15, 0.2) is 78.0 Å². The number of benzene rings is 3. The molecule has 3 rings (SSSR count). The number of methoxy groups -OCH3 is 1. The Morgan fingerprint density at radius 1 is 0.967 bits per heavy atom. The molecule has 0 aliphatic rings. The summed E-state index contributed by atoms with van der Waals surface area (Å²) < 4.78 is 5.11. The zero-order valence-electron chi connectivity index (χ0n) is 16.8. The van der Waals surface area contributed by atoms with Crippen molar-refractivity contribution >= 4 is 10.8 Å². The minimum absolute atomic E-state index is 0.173. The van der Waals surface area contributed by atoms with E-state index in [9.17, 15) is 20.4 Å². The highest BCUT2D eigenvalue weighted by Gasteiger charge is 2.13. The lowest BCUT2D eigenvalue weighted by Gasteiger charge is -2.13. The molecule has 0 aromatic heterocycles. The van der Waals surface area contributed by atoms with Crippen LogP contribution in [-0.2, 0) is 0 Å². The van der Waals surface area contributed by atoms with E-state index >= 15 is 0 Å². The molecule has 0 heterocycles. The summed E-state index contributed by atoms with van der Waals surface area (Å²) in [5, 5.41) is 42.1. The Kier molecular flexibility index (Phi) is 7.28. The van der Waals surface area contributed by atoms with E-state index in [4.69, 9.17) is 4.74 Å². The van der Waals surface area contributed by atoms with Crippen molar-refractivity contribution in [3.05, 3.63) is 89.2 Å². The molecule has 0 saturated carbocycles. The van der Waals surface area contributed by atoms with E-state index in [2.05, 4.69) is 5.73 Å². The van der Waals surface area contributed by atoms with Gasteiger partial charge in [0, 0.05) is 18.2 Å². The van der Waals surface area contributed by atoms with Crippen LogP contribution in [0, 0.1) is 0 Å². The number of hydrogen-bond donors (Lipinski definition) is 4. The third kappa shape index (κ3) is 5.09. The molecule has 0 radical (unpaired) electrons. The molecule has 4 N–H and O–H groups in total. The summed E-state index contributed by atoms with van der Waals surface area (Å²) in [6, 6.07) is 17.7. The number of rotatable bonds is 8. The Morgan fingerprint density at radius 3 is 2.33 bits per heavy atom. The molecule has 0 saturated heterocycles. The van der Waals surface area contributed by atoms with Crippen LogP contribution in [0.5, 0.6) is 11.5 Å². The molecule has 0 amide bonds. The van der Waals surface area contributed by atoms with Crippen LogP contribution < -0.4 is 4.74 Å². The van der Waals surface area contributed by atoms with Crippen molar-refractivity contribution < 1.29 is 25.2 Å². The first kappa shape index (κ1) is 21.6. The molecule has 2 atom stereocenters. The molecular formula is C25H26O5. The van der Waals surface area contributed by atoms with Gasteiger partial charge >= 0.3 is 0 Å². The summed E-state index contributed by atoms with van der Waals surface area (Å²) in [5.41, 5.74) is 4.98. The lowest BCUT2D eigenvalue weighted by molar-refractivity contribution is 0.172. The van der Waals surface area contributed by atoms with Crippen molar-refractivity contribution in [2.75, 3.05) is 13.7 Å². The van der Waals surface area contributed by atoms with Gasteiger partial charge in [-0.2, -0.15) is 0 Å². The zero-order chi connectivity index (χ0) is 21.5. The predicted molar refractivity (Wildman–Crippen MR) is 116 cm³/mol. The summed E-state index contributed by atoms with van der Waals surface area (Å²) >= 11 is 0. The number of aliphatic hydroxyl groups is 3. The number of ether oxygens (including phenoxy) is 1. The van der Waals surface area contributed by atoms with Gasteiger partial charge in [0.1, 0.15) is 11.5 Å². The second kappa shape index (κ2) is 10.1. The number of fused-ring (bicyclic) bond motifs is 1. The van der Waals surface area contributed by atoms with E-state index < -0.39 is 12.2 Å². The fourth-order valence-electron chi connectivity index (χ4n) is 3.39. The molecule has 0 unspecified atom stereocenters. The maximum Gasteiger partial charge on any atom is 0.123 e. The minimum atomic E-state index is -0.783. The summed E-state index contributed by atoms with van der Waals surface area (Å²) in [7, 11) is 1.58. The van der Waals surface area contributed by atoms with Crippen molar-refractivity contribution in [3.8, 4) is 11.5 Å². The van der Waals surface area contributed by atoms with Crippen molar-refractivity contribution in [1.29, 1.82) is 0 Å². The van der Waals surface area contributed by atoms with Crippen molar-refractivity contribution in [3.63, 3.8) is 0 Å². The van der Waals surface area contributed by atoms with E-state index in [0.717, 1.165) is 10.9 Å². The number of phenols is 1. The van der Waals surface area contributed by atoms with Crippen LogP contribution in [0.3, 0.4) is 0 Å². The lowest BCUT2D eigenvalue weighted by atomic mass is 9.97. The summed E-state index contributed by atoms with van der Waals surface area (Å²) in [5.74, 6) is 0.881. The maximum absolute atomic E-state index is 10.6. The van der Waals surface area contributed by atoms with Crippen LogP contribution in [-0.4, -0.2) is 34.1 Å². The SMILES string of the molecule is COc1ccc([C@H](O)CC(=C=CC[C@@H](O)c2ccc(O)c3ccccc23)CO)cc1. The number of aliphatic hydroxyl groups excluding tert-OH is 3. The molecule has 3 aromatic carbocycles. The molecule has 0 bridgehead atoms. The Labute approximate surface area is 175 Å².